The molecule has 0 aliphatic carbocycles. The molecule has 3 nitrogen and oxygen atoms in total. The molecule has 11 heavy (non-hydrogen) atoms. The van der Waals surface area contributed by atoms with E-state index >= 15 is 0 Å². The highest BCUT2D eigenvalue weighted by atomic mass is 32.1. The standard InChI is InChI=1S/C7H14N2OS/c1-6-3-2-4-9(5-6)8-7(10)11/h6H,2-5H2,1H3,(H2,8,10,11). The predicted molar refractivity (Wildman–Crippen MR) is 47.5 cm³/mol. The molecule has 0 aromatic rings. The Balaban J connectivity index is 2.28. The van der Waals surface area contributed by atoms with Gasteiger partial charge in [-0.2, -0.15) is 0 Å². The van der Waals surface area contributed by atoms with Crippen LogP contribution in [-0.4, -0.2) is 23.3 Å². The lowest BCUT2D eigenvalue weighted by atomic mass is 10.0. The average Bonchev–Trinajstić information content (AvgIpc) is 1.85. The van der Waals surface area contributed by atoms with Crippen LogP contribution in [0.25, 0.3) is 0 Å². The molecule has 0 radical (unpaired) electrons. The van der Waals surface area contributed by atoms with Gasteiger partial charge in [-0.1, -0.05) is 19.6 Å². The van der Waals surface area contributed by atoms with Gasteiger partial charge in [-0.05, 0) is 18.8 Å². The zero-order valence-corrected chi connectivity index (χ0v) is 7.60. The van der Waals surface area contributed by atoms with Crippen molar-refractivity contribution in [2.45, 2.75) is 19.8 Å². The van der Waals surface area contributed by atoms with E-state index < -0.39 is 0 Å². The van der Waals surface area contributed by atoms with Crippen molar-refractivity contribution in [2.24, 2.45) is 5.92 Å². The molecule has 1 heterocycles. The summed E-state index contributed by atoms with van der Waals surface area (Å²) >= 11 is 3.65. The van der Waals surface area contributed by atoms with Crippen LogP contribution in [0.4, 0.5) is 4.79 Å². The summed E-state index contributed by atoms with van der Waals surface area (Å²) in [6, 6.07) is 0. The van der Waals surface area contributed by atoms with E-state index in [-0.39, 0.29) is 5.24 Å². The van der Waals surface area contributed by atoms with Crippen molar-refractivity contribution in [3.63, 3.8) is 0 Å². The molecule has 0 aromatic carbocycles. The Morgan fingerprint density at radius 1 is 1.73 bits per heavy atom. The summed E-state index contributed by atoms with van der Waals surface area (Å²) in [5, 5.41) is 1.67. The van der Waals surface area contributed by atoms with Gasteiger partial charge in [0.25, 0.3) is 5.24 Å². The molecular weight excluding hydrogens is 160 g/mol. The summed E-state index contributed by atoms with van der Waals surface area (Å²) in [4.78, 5) is 10.5. The minimum atomic E-state index is -0.265. The third kappa shape index (κ3) is 3.12. The summed E-state index contributed by atoms with van der Waals surface area (Å²) in [6.45, 7) is 4.10. The van der Waals surface area contributed by atoms with Crippen LogP contribution in [0, 0.1) is 5.92 Å². The normalized spacial score (nSPS) is 26.5. The fourth-order valence-corrected chi connectivity index (χ4v) is 1.57. The highest BCUT2D eigenvalue weighted by Gasteiger charge is 2.16. The van der Waals surface area contributed by atoms with Crippen molar-refractivity contribution in [1.82, 2.24) is 10.4 Å². The highest BCUT2D eigenvalue weighted by molar-refractivity contribution is 7.96. The number of piperidine rings is 1. The number of hydrogen-bond donors (Lipinski definition) is 2. The van der Waals surface area contributed by atoms with E-state index in [0.717, 1.165) is 19.5 Å². The van der Waals surface area contributed by atoms with Crippen molar-refractivity contribution in [2.75, 3.05) is 13.1 Å². The SMILES string of the molecule is CC1CCCN(NC(=O)S)C1. The molecule has 1 fully saturated rings. The van der Waals surface area contributed by atoms with Gasteiger partial charge in [-0.3, -0.25) is 10.2 Å². The lowest BCUT2D eigenvalue weighted by Crippen LogP contribution is -2.45. The van der Waals surface area contributed by atoms with Gasteiger partial charge in [0.2, 0.25) is 0 Å². The second-order valence-corrected chi connectivity index (χ2v) is 3.52. The van der Waals surface area contributed by atoms with Crippen LogP contribution in [-0.2, 0) is 0 Å². The molecule has 0 aromatic heterocycles. The third-order valence-electron chi connectivity index (χ3n) is 1.91. The summed E-state index contributed by atoms with van der Waals surface area (Å²) in [7, 11) is 0. The number of nitrogens with one attached hydrogen (secondary N) is 1. The van der Waals surface area contributed by atoms with Gasteiger partial charge in [0.1, 0.15) is 0 Å². The van der Waals surface area contributed by atoms with Crippen LogP contribution in [0.15, 0.2) is 0 Å². The molecule has 0 spiro atoms. The van der Waals surface area contributed by atoms with Crippen LogP contribution < -0.4 is 5.43 Å². The van der Waals surface area contributed by atoms with Crippen LogP contribution >= 0.6 is 12.6 Å². The Morgan fingerprint density at radius 3 is 3.00 bits per heavy atom. The van der Waals surface area contributed by atoms with Gasteiger partial charge in [0, 0.05) is 13.1 Å². The minimum absolute atomic E-state index is 0.265. The molecule has 1 saturated heterocycles. The van der Waals surface area contributed by atoms with Crippen LogP contribution in [0.5, 0.6) is 0 Å². The fourth-order valence-electron chi connectivity index (χ4n) is 1.43. The summed E-state index contributed by atoms with van der Waals surface area (Å²) in [5.41, 5.74) is 2.67. The number of hydrazine groups is 1. The quantitative estimate of drug-likeness (QED) is 0.587. The Kier molecular flexibility index (Phi) is 3.20. The lowest BCUT2D eigenvalue weighted by Gasteiger charge is -2.30. The van der Waals surface area contributed by atoms with E-state index in [2.05, 4.69) is 25.0 Å². The molecule has 64 valence electrons. The van der Waals surface area contributed by atoms with Gasteiger partial charge in [0.15, 0.2) is 0 Å². The van der Waals surface area contributed by atoms with E-state index in [1.54, 1.807) is 0 Å². The molecule has 0 bridgehead atoms. The van der Waals surface area contributed by atoms with Gasteiger partial charge >= 0.3 is 0 Å². The molecule has 1 N–H and O–H groups in total. The van der Waals surface area contributed by atoms with E-state index in [4.69, 9.17) is 0 Å². The number of amides is 1. The van der Waals surface area contributed by atoms with E-state index in [1.807, 2.05) is 5.01 Å². The topological polar surface area (TPSA) is 32.3 Å². The number of rotatable bonds is 1. The molecule has 1 amide bonds. The first-order valence-electron chi connectivity index (χ1n) is 3.93. The summed E-state index contributed by atoms with van der Waals surface area (Å²) in [6.07, 6.45) is 2.42. The van der Waals surface area contributed by atoms with Gasteiger partial charge in [-0.25, -0.2) is 5.01 Å². The monoisotopic (exact) mass is 174 g/mol. The van der Waals surface area contributed by atoms with Gasteiger partial charge in [0.05, 0.1) is 0 Å². The molecular formula is C7H14N2OS. The maximum absolute atomic E-state index is 10.5. The summed E-state index contributed by atoms with van der Waals surface area (Å²) in [5.74, 6) is 0.684. The van der Waals surface area contributed by atoms with E-state index in [1.165, 1.54) is 6.42 Å². The van der Waals surface area contributed by atoms with E-state index in [0.29, 0.717) is 5.92 Å². The lowest BCUT2D eigenvalue weighted by molar-refractivity contribution is 0.138. The number of carbonyl (C=O) groups excluding carboxylic acids is 1. The molecule has 0 saturated carbocycles. The molecule has 1 aliphatic heterocycles. The first kappa shape index (κ1) is 8.87. The van der Waals surface area contributed by atoms with Crippen molar-refractivity contribution in [3.8, 4) is 0 Å². The zero-order chi connectivity index (χ0) is 8.27. The average molecular weight is 174 g/mol. The Morgan fingerprint density at radius 2 is 2.45 bits per heavy atom. The Hall–Kier alpha value is -0.220. The largest absolute Gasteiger partial charge is 0.290 e. The molecule has 1 rings (SSSR count). The minimum Gasteiger partial charge on any atom is -0.280 e. The summed E-state index contributed by atoms with van der Waals surface area (Å²) < 4.78 is 0. The number of hydrogen-bond acceptors (Lipinski definition) is 2. The highest BCUT2D eigenvalue weighted by Crippen LogP contribution is 2.13. The van der Waals surface area contributed by atoms with Crippen LogP contribution in [0.2, 0.25) is 0 Å². The number of nitrogens with zero attached hydrogens (tertiary/aromatic N) is 1. The van der Waals surface area contributed by atoms with Crippen molar-refractivity contribution in [3.05, 3.63) is 0 Å². The fraction of sp³-hybridized carbons (Fsp3) is 0.857. The molecule has 4 heteroatoms. The van der Waals surface area contributed by atoms with Gasteiger partial charge in [-0.15, -0.1) is 0 Å². The van der Waals surface area contributed by atoms with Crippen molar-refractivity contribution < 1.29 is 4.79 Å². The molecule has 1 unspecified atom stereocenters. The number of carbonyl (C=O) groups is 1. The maximum atomic E-state index is 10.5. The van der Waals surface area contributed by atoms with Crippen LogP contribution in [0.3, 0.4) is 0 Å². The Bertz CT molecular complexity index is 151. The van der Waals surface area contributed by atoms with Gasteiger partial charge < -0.3 is 0 Å². The second-order valence-electron chi connectivity index (χ2n) is 3.11. The Labute approximate surface area is 72.5 Å². The smallest absolute Gasteiger partial charge is 0.280 e. The van der Waals surface area contributed by atoms with Crippen molar-refractivity contribution in [1.29, 1.82) is 0 Å². The van der Waals surface area contributed by atoms with Crippen molar-refractivity contribution >= 4 is 17.9 Å². The first-order chi connectivity index (χ1) is 5.18. The number of thiol groups is 1. The predicted octanol–water partition coefficient (Wildman–Crippen LogP) is 1.27. The zero-order valence-electron chi connectivity index (χ0n) is 6.71. The molecule has 1 aliphatic rings. The third-order valence-corrected chi connectivity index (χ3v) is 2.01. The van der Waals surface area contributed by atoms with E-state index in [9.17, 15) is 4.79 Å². The second kappa shape index (κ2) is 3.97. The van der Waals surface area contributed by atoms with Crippen LogP contribution in [0.1, 0.15) is 19.8 Å². The molecule has 1 atom stereocenters. The maximum Gasteiger partial charge on any atom is 0.290 e. The first-order valence-corrected chi connectivity index (χ1v) is 4.37.